The van der Waals surface area contributed by atoms with Gasteiger partial charge in [0.05, 0.1) is 24.5 Å². The zero-order chi connectivity index (χ0) is 21.5. The van der Waals surface area contributed by atoms with Crippen molar-refractivity contribution in [1.29, 1.82) is 0 Å². The first-order valence-electron chi connectivity index (χ1n) is 8.88. The van der Waals surface area contributed by atoms with Crippen LogP contribution in [0, 0.1) is 6.92 Å². The molecule has 0 saturated carbocycles. The molecule has 0 radical (unpaired) electrons. The topological polar surface area (TPSA) is 89.9 Å². The van der Waals surface area contributed by atoms with E-state index in [1.807, 2.05) is 13.0 Å². The standard InChI is InChI=1S/C22H18BrN3O4/c1-14-6-8-17(13-24-14)21(27)26-25-12-15-7-9-19(20(10-15)29-2)30-22(28)16-4-3-5-18(23)11-16/h3-13H,1-2H3,(H,26,27)/b25-12+. The molecule has 7 nitrogen and oxygen atoms in total. The number of carbonyl (C=O) groups excluding carboxylic acids is 2. The molecule has 0 aliphatic carbocycles. The molecule has 1 heterocycles. The van der Waals surface area contributed by atoms with Crippen LogP contribution in [-0.2, 0) is 0 Å². The maximum Gasteiger partial charge on any atom is 0.343 e. The fourth-order valence-electron chi connectivity index (χ4n) is 2.46. The van der Waals surface area contributed by atoms with Crippen LogP contribution in [0.5, 0.6) is 11.5 Å². The molecule has 0 aliphatic rings. The summed E-state index contributed by atoms with van der Waals surface area (Å²) in [5.41, 5.74) is 4.72. The number of hydrogen-bond donors (Lipinski definition) is 1. The normalized spacial score (nSPS) is 10.6. The molecule has 152 valence electrons. The number of nitrogens with one attached hydrogen (secondary N) is 1. The SMILES string of the molecule is COc1cc(/C=N/NC(=O)c2ccc(C)nc2)ccc1OC(=O)c1cccc(Br)c1. The van der Waals surface area contributed by atoms with Gasteiger partial charge in [-0.1, -0.05) is 22.0 Å². The molecule has 3 rings (SSSR count). The van der Waals surface area contributed by atoms with Crippen LogP contribution in [0.3, 0.4) is 0 Å². The minimum Gasteiger partial charge on any atom is -0.493 e. The Morgan fingerprint density at radius 2 is 1.90 bits per heavy atom. The molecule has 2 aromatic carbocycles. The summed E-state index contributed by atoms with van der Waals surface area (Å²) < 4.78 is 11.5. The first-order valence-corrected chi connectivity index (χ1v) is 9.67. The number of benzene rings is 2. The highest BCUT2D eigenvalue weighted by molar-refractivity contribution is 9.10. The molecule has 0 unspecified atom stereocenters. The zero-order valence-corrected chi connectivity index (χ0v) is 17.8. The predicted octanol–water partition coefficient (Wildman–Crippen LogP) is 4.14. The van der Waals surface area contributed by atoms with E-state index in [9.17, 15) is 9.59 Å². The summed E-state index contributed by atoms with van der Waals surface area (Å²) in [6.45, 7) is 1.84. The number of aryl methyl sites for hydroxylation is 1. The summed E-state index contributed by atoms with van der Waals surface area (Å²) in [7, 11) is 1.47. The number of rotatable bonds is 6. The van der Waals surface area contributed by atoms with Crippen LogP contribution in [0.25, 0.3) is 0 Å². The average Bonchev–Trinajstić information content (AvgIpc) is 2.75. The number of hydrazone groups is 1. The van der Waals surface area contributed by atoms with E-state index in [0.29, 0.717) is 22.4 Å². The Bertz CT molecular complexity index is 1100. The number of ether oxygens (including phenoxy) is 2. The van der Waals surface area contributed by atoms with Gasteiger partial charge in [0.15, 0.2) is 11.5 Å². The lowest BCUT2D eigenvalue weighted by atomic mass is 10.2. The highest BCUT2D eigenvalue weighted by Crippen LogP contribution is 2.28. The predicted molar refractivity (Wildman–Crippen MR) is 116 cm³/mol. The van der Waals surface area contributed by atoms with Crippen molar-refractivity contribution in [3.63, 3.8) is 0 Å². The molecule has 3 aromatic rings. The van der Waals surface area contributed by atoms with Crippen LogP contribution in [0.4, 0.5) is 0 Å². The maximum absolute atomic E-state index is 12.3. The Balaban J connectivity index is 1.67. The molecule has 30 heavy (non-hydrogen) atoms. The summed E-state index contributed by atoms with van der Waals surface area (Å²) in [6.07, 6.45) is 2.94. The third kappa shape index (κ3) is 5.51. The molecule has 0 aliphatic heterocycles. The monoisotopic (exact) mass is 467 g/mol. The summed E-state index contributed by atoms with van der Waals surface area (Å²) in [4.78, 5) is 28.5. The van der Waals surface area contributed by atoms with E-state index in [1.165, 1.54) is 19.5 Å². The van der Waals surface area contributed by atoms with Gasteiger partial charge in [-0.15, -0.1) is 0 Å². The first kappa shape index (κ1) is 21.2. The second-order valence-corrected chi connectivity index (χ2v) is 7.11. The highest BCUT2D eigenvalue weighted by Gasteiger charge is 2.13. The zero-order valence-electron chi connectivity index (χ0n) is 16.3. The number of pyridine rings is 1. The Hall–Kier alpha value is -3.52. The molecule has 8 heteroatoms. The fourth-order valence-corrected chi connectivity index (χ4v) is 2.85. The van der Waals surface area contributed by atoms with E-state index in [2.05, 4.69) is 31.4 Å². The van der Waals surface area contributed by atoms with Gasteiger partial charge in [-0.25, -0.2) is 10.2 Å². The molecular formula is C22H18BrN3O4. The van der Waals surface area contributed by atoms with Crippen molar-refractivity contribution in [3.05, 3.63) is 87.7 Å². The van der Waals surface area contributed by atoms with Crippen molar-refractivity contribution in [2.75, 3.05) is 7.11 Å². The van der Waals surface area contributed by atoms with Crippen LogP contribution < -0.4 is 14.9 Å². The Morgan fingerprint density at radius 1 is 1.07 bits per heavy atom. The Morgan fingerprint density at radius 3 is 2.60 bits per heavy atom. The highest BCUT2D eigenvalue weighted by atomic mass is 79.9. The molecule has 0 saturated heterocycles. The van der Waals surface area contributed by atoms with E-state index in [1.54, 1.807) is 48.5 Å². The van der Waals surface area contributed by atoms with Gasteiger partial charge in [-0.3, -0.25) is 9.78 Å². The van der Waals surface area contributed by atoms with Crippen LogP contribution in [-0.4, -0.2) is 30.2 Å². The van der Waals surface area contributed by atoms with Crippen molar-refractivity contribution >= 4 is 34.0 Å². The van der Waals surface area contributed by atoms with Gasteiger partial charge in [0.25, 0.3) is 5.91 Å². The molecule has 0 spiro atoms. The van der Waals surface area contributed by atoms with Crippen molar-refractivity contribution < 1.29 is 19.1 Å². The second-order valence-electron chi connectivity index (χ2n) is 6.20. The average molecular weight is 468 g/mol. The third-order valence-corrected chi connectivity index (χ3v) is 4.50. The molecule has 1 amide bonds. The Labute approximate surface area is 181 Å². The largest absolute Gasteiger partial charge is 0.493 e. The van der Waals surface area contributed by atoms with E-state index in [4.69, 9.17) is 9.47 Å². The van der Waals surface area contributed by atoms with Crippen molar-refractivity contribution in [2.45, 2.75) is 6.92 Å². The third-order valence-electron chi connectivity index (χ3n) is 4.00. The molecule has 0 atom stereocenters. The second kappa shape index (κ2) is 9.80. The quantitative estimate of drug-likeness (QED) is 0.254. The molecule has 1 aromatic heterocycles. The number of carbonyl (C=O) groups is 2. The van der Waals surface area contributed by atoms with Crippen molar-refractivity contribution in [3.8, 4) is 11.5 Å². The summed E-state index contributed by atoms with van der Waals surface area (Å²) >= 11 is 3.33. The van der Waals surface area contributed by atoms with E-state index in [0.717, 1.165) is 10.2 Å². The molecule has 1 N–H and O–H groups in total. The van der Waals surface area contributed by atoms with Gasteiger partial charge in [0.2, 0.25) is 0 Å². The summed E-state index contributed by atoms with van der Waals surface area (Å²) in [6, 6.07) is 15.2. The first-order chi connectivity index (χ1) is 14.5. The summed E-state index contributed by atoms with van der Waals surface area (Å²) in [5, 5.41) is 3.94. The lowest BCUT2D eigenvalue weighted by Gasteiger charge is -2.10. The minimum absolute atomic E-state index is 0.273. The lowest BCUT2D eigenvalue weighted by Crippen LogP contribution is -2.17. The van der Waals surface area contributed by atoms with Crippen LogP contribution in [0.2, 0.25) is 0 Å². The van der Waals surface area contributed by atoms with Crippen LogP contribution >= 0.6 is 15.9 Å². The minimum atomic E-state index is -0.505. The van der Waals surface area contributed by atoms with E-state index >= 15 is 0 Å². The smallest absolute Gasteiger partial charge is 0.343 e. The van der Waals surface area contributed by atoms with E-state index < -0.39 is 5.97 Å². The van der Waals surface area contributed by atoms with Gasteiger partial charge in [0, 0.05) is 16.4 Å². The lowest BCUT2D eigenvalue weighted by molar-refractivity contribution is 0.0729. The molecule has 0 fully saturated rings. The van der Waals surface area contributed by atoms with Gasteiger partial charge < -0.3 is 9.47 Å². The number of amides is 1. The summed E-state index contributed by atoms with van der Waals surface area (Å²) in [5.74, 6) is -0.244. The number of nitrogens with zero attached hydrogens (tertiary/aromatic N) is 2. The number of hydrogen-bond acceptors (Lipinski definition) is 6. The fraction of sp³-hybridized carbons (Fsp3) is 0.0909. The number of halogens is 1. The number of esters is 1. The number of aromatic nitrogens is 1. The van der Waals surface area contributed by atoms with Gasteiger partial charge in [0.1, 0.15) is 0 Å². The van der Waals surface area contributed by atoms with Crippen LogP contribution in [0.1, 0.15) is 32.0 Å². The van der Waals surface area contributed by atoms with Crippen molar-refractivity contribution in [2.24, 2.45) is 5.10 Å². The maximum atomic E-state index is 12.3. The van der Waals surface area contributed by atoms with Gasteiger partial charge in [-0.2, -0.15) is 5.10 Å². The number of methoxy groups -OCH3 is 1. The van der Waals surface area contributed by atoms with Crippen molar-refractivity contribution in [1.82, 2.24) is 10.4 Å². The Kier molecular flexibility index (Phi) is 6.92. The van der Waals surface area contributed by atoms with E-state index in [-0.39, 0.29) is 11.7 Å². The van der Waals surface area contributed by atoms with Gasteiger partial charge >= 0.3 is 5.97 Å². The molecular weight excluding hydrogens is 450 g/mol. The van der Waals surface area contributed by atoms with Gasteiger partial charge in [-0.05, 0) is 61.0 Å². The van der Waals surface area contributed by atoms with Crippen LogP contribution in [0.15, 0.2) is 70.4 Å². The molecule has 0 bridgehead atoms.